The lowest BCUT2D eigenvalue weighted by atomic mass is 9.92. The lowest BCUT2D eigenvalue weighted by Crippen LogP contribution is -2.14. The smallest absolute Gasteiger partial charge is 0.164 e. The van der Waals surface area contributed by atoms with Crippen LogP contribution in [-0.2, 0) is 4.79 Å². The van der Waals surface area contributed by atoms with E-state index in [1.165, 1.54) is 0 Å². The van der Waals surface area contributed by atoms with Crippen molar-refractivity contribution in [3.05, 3.63) is 34.9 Å². The van der Waals surface area contributed by atoms with Crippen LogP contribution in [0.3, 0.4) is 0 Å². The molecule has 1 aliphatic rings. The van der Waals surface area contributed by atoms with Gasteiger partial charge in [-0.3, -0.25) is 9.59 Å². The fourth-order valence-corrected chi connectivity index (χ4v) is 2.63. The molecule has 1 N–H and O–H groups in total. The highest BCUT2D eigenvalue weighted by Crippen LogP contribution is 2.35. The number of nitrogens with one attached hydrogen (secondary N) is 1. The SMILES string of the molecule is CCCC(=N)CC(=O)C1CC(=O)c2cc(C)ccc21. The molecule has 1 aliphatic carbocycles. The van der Waals surface area contributed by atoms with Crippen LogP contribution in [0, 0.1) is 12.3 Å². The van der Waals surface area contributed by atoms with E-state index in [2.05, 4.69) is 0 Å². The number of fused-ring (bicyclic) bond motifs is 1. The number of aryl methyl sites for hydroxylation is 1. The molecule has 0 amide bonds. The Morgan fingerprint density at radius 1 is 1.42 bits per heavy atom. The quantitative estimate of drug-likeness (QED) is 0.821. The molecule has 100 valence electrons. The molecule has 0 radical (unpaired) electrons. The first kappa shape index (κ1) is 13.7. The summed E-state index contributed by atoms with van der Waals surface area (Å²) in [5.41, 5.74) is 3.06. The molecule has 0 saturated heterocycles. The Bertz CT molecular complexity index is 546. The van der Waals surface area contributed by atoms with Crippen LogP contribution in [0.25, 0.3) is 0 Å². The molecule has 3 nitrogen and oxygen atoms in total. The van der Waals surface area contributed by atoms with Gasteiger partial charge in [-0.2, -0.15) is 0 Å². The van der Waals surface area contributed by atoms with Gasteiger partial charge in [0.1, 0.15) is 5.78 Å². The van der Waals surface area contributed by atoms with Gasteiger partial charge in [0.2, 0.25) is 0 Å². The molecule has 1 aromatic carbocycles. The maximum absolute atomic E-state index is 12.2. The molecule has 2 rings (SSSR count). The second-order valence-electron chi connectivity index (χ2n) is 5.27. The zero-order chi connectivity index (χ0) is 14.0. The fourth-order valence-electron chi connectivity index (χ4n) is 2.63. The molecule has 19 heavy (non-hydrogen) atoms. The summed E-state index contributed by atoms with van der Waals surface area (Å²) >= 11 is 0. The lowest BCUT2D eigenvalue weighted by Gasteiger charge is -2.10. The van der Waals surface area contributed by atoms with Gasteiger partial charge in [0.25, 0.3) is 0 Å². The molecule has 0 bridgehead atoms. The highest BCUT2D eigenvalue weighted by atomic mass is 16.1. The van der Waals surface area contributed by atoms with Crippen LogP contribution in [-0.4, -0.2) is 17.3 Å². The number of Topliss-reactive ketones (excluding diaryl/α,β-unsaturated/α-hetero) is 2. The first-order chi connectivity index (χ1) is 9.02. The summed E-state index contributed by atoms with van der Waals surface area (Å²) in [5.74, 6) is -0.270. The molecular formula is C16H19NO2. The number of carbonyl (C=O) groups is 2. The summed E-state index contributed by atoms with van der Waals surface area (Å²) in [6.45, 7) is 3.94. The average molecular weight is 257 g/mol. The second kappa shape index (κ2) is 5.47. The van der Waals surface area contributed by atoms with E-state index < -0.39 is 0 Å². The van der Waals surface area contributed by atoms with Crippen LogP contribution in [0.4, 0.5) is 0 Å². The van der Waals surface area contributed by atoms with Gasteiger partial charge in [0, 0.05) is 24.1 Å². The van der Waals surface area contributed by atoms with Crippen molar-refractivity contribution in [2.75, 3.05) is 0 Å². The highest BCUT2D eigenvalue weighted by Gasteiger charge is 2.33. The third kappa shape index (κ3) is 2.80. The molecule has 0 aromatic heterocycles. The van der Waals surface area contributed by atoms with Gasteiger partial charge < -0.3 is 5.41 Å². The molecule has 3 heteroatoms. The van der Waals surface area contributed by atoms with E-state index in [0.717, 1.165) is 17.5 Å². The van der Waals surface area contributed by atoms with Crippen molar-refractivity contribution in [2.45, 2.75) is 45.4 Å². The first-order valence-electron chi connectivity index (χ1n) is 6.75. The Kier molecular flexibility index (Phi) is 3.93. The summed E-state index contributed by atoms with van der Waals surface area (Å²) in [6, 6.07) is 5.69. The van der Waals surface area contributed by atoms with Crippen molar-refractivity contribution in [2.24, 2.45) is 0 Å². The lowest BCUT2D eigenvalue weighted by molar-refractivity contribution is -0.119. The Morgan fingerprint density at radius 2 is 2.16 bits per heavy atom. The number of rotatable bonds is 5. The van der Waals surface area contributed by atoms with Crippen molar-refractivity contribution in [3.8, 4) is 0 Å². The molecule has 1 unspecified atom stereocenters. The second-order valence-corrected chi connectivity index (χ2v) is 5.27. The normalized spacial score (nSPS) is 17.4. The van der Waals surface area contributed by atoms with Gasteiger partial charge in [-0.15, -0.1) is 0 Å². The molecule has 0 aliphatic heterocycles. The van der Waals surface area contributed by atoms with E-state index in [4.69, 9.17) is 5.41 Å². The van der Waals surface area contributed by atoms with Gasteiger partial charge in [-0.05, 0) is 25.0 Å². The van der Waals surface area contributed by atoms with Crippen LogP contribution in [0.2, 0.25) is 0 Å². The van der Waals surface area contributed by atoms with E-state index in [9.17, 15) is 9.59 Å². The number of ketones is 2. The van der Waals surface area contributed by atoms with Crippen molar-refractivity contribution < 1.29 is 9.59 Å². The number of carbonyl (C=O) groups excluding carboxylic acids is 2. The monoisotopic (exact) mass is 257 g/mol. The maximum Gasteiger partial charge on any atom is 0.164 e. The van der Waals surface area contributed by atoms with Crippen molar-refractivity contribution in [1.82, 2.24) is 0 Å². The third-order valence-corrected chi connectivity index (χ3v) is 3.60. The van der Waals surface area contributed by atoms with Crippen LogP contribution in [0.1, 0.15) is 60.0 Å². The van der Waals surface area contributed by atoms with Crippen LogP contribution in [0.15, 0.2) is 18.2 Å². The minimum atomic E-state index is -0.333. The van der Waals surface area contributed by atoms with Crippen LogP contribution < -0.4 is 0 Å². The van der Waals surface area contributed by atoms with E-state index in [-0.39, 0.29) is 30.3 Å². The maximum atomic E-state index is 12.2. The average Bonchev–Trinajstić information content (AvgIpc) is 2.67. The molecule has 1 atom stereocenters. The van der Waals surface area contributed by atoms with Crippen molar-refractivity contribution in [3.63, 3.8) is 0 Å². The van der Waals surface area contributed by atoms with Gasteiger partial charge in [-0.25, -0.2) is 0 Å². The van der Waals surface area contributed by atoms with Crippen LogP contribution in [0.5, 0.6) is 0 Å². The fraction of sp³-hybridized carbons (Fsp3) is 0.438. The number of hydrogen-bond donors (Lipinski definition) is 1. The summed E-state index contributed by atoms with van der Waals surface area (Å²) in [4.78, 5) is 24.2. The van der Waals surface area contributed by atoms with Gasteiger partial charge in [-0.1, -0.05) is 31.0 Å². The van der Waals surface area contributed by atoms with Crippen molar-refractivity contribution >= 4 is 17.3 Å². The minimum absolute atomic E-state index is 0.00871. The Hall–Kier alpha value is -1.77. The number of benzene rings is 1. The highest BCUT2D eigenvalue weighted by molar-refractivity contribution is 6.11. The zero-order valence-electron chi connectivity index (χ0n) is 11.5. The molecule has 1 aromatic rings. The minimum Gasteiger partial charge on any atom is -0.309 e. The Morgan fingerprint density at radius 3 is 2.84 bits per heavy atom. The van der Waals surface area contributed by atoms with E-state index in [0.29, 0.717) is 17.7 Å². The summed E-state index contributed by atoms with van der Waals surface area (Å²) in [7, 11) is 0. The molecule has 0 saturated carbocycles. The van der Waals surface area contributed by atoms with Crippen LogP contribution >= 0.6 is 0 Å². The molecule has 0 fully saturated rings. The third-order valence-electron chi connectivity index (χ3n) is 3.60. The molecule has 0 heterocycles. The first-order valence-corrected chi connectivity index (χ1v) is 6.75. The summed E-state index contributed by atoms with van der Waals surface area (Å²) in [6.07, 6.45) is 1.99. The molecular weight excluding hydrogens is 238 g/mol. The number of hydrogen-bond acceptors (Lipinski definition) is 3. The Balaban J connectivity index is 2.18. The summed E-state index contributed by atoms with van der Waals surface area (Å²) < 4.78 is 0. The predicted octanol–water partition coefficient (Wildman–Crippen LogP) is 3.44. The van der Waals surface area contributed by atoms with E-state index >= 15 is 0 Å². The topological polar surface area (TPSA) is 58.0 Å². The van der Waals surface area contributed by atoms with E-state index in [1.54, 1.807) is 0 Å². The van der Waals surface area contributed by atoms with Gasteiger partial charge >= 0.3 is 0 Å². The Labute approximate surface area is 113 Å². The van der Waals surface area contributed by atoms with E-state index in [1.807, 2.05) is 32.0 Å². The van der Waals surface area contributed by atoms with Gasteiger partial charge in [0.15, 0.2) is 5.78 Å². The predicted molar refractivity (Wildman–Crippen MR) is 75.1 cm³/mol. The largest absolute Gasteiger partial charge is 0.309 e. The molecule has 0 spiro atoms. The zero-order valence-corrected chi connectivity index (χ0v) is 11.5. The standard InChI is InChI=1S/C16H19NO2/c1-3-4-11(17)8-15(18)14-9-16(19)13-7-10(2)5-6-12(13)14/h5-7,14,17H,3-4,8-9H2,1-2H3. The van der Waals surface area contributed by atoms with Crippen molar-refractivity contribution in [1.29, 1.82) is 5.41 Å². The summed E-state index contributed by atoms with van der Waals surface area (Å²) in [5, 5.41) is 7.75. The van der Waals surface area contributed by atoms with Gasteiger partial charge in [0.05, 0.1) is 5.92 Å².